The van der Waals surface area contributed by atoms with Crippen LogP contribution >= 0.6 is 11.6 Å². The molecule has 1 fully saturated rings. The highest BCUT2D eigenvalue weighted by Crippen LogP contribution is 2.23. The van der Waals surface area contributed by atoms with E-state index in [0.29, 0.717) is 19.6 Å². The summed E-state index contributed by atoms with van der Waals surface area (Å²) in [6.07, 6.45) is 1.27. The molecular formula is C13H15ClN2O4S. The maximum Gasteiger partial charge on any atom is 0.253 e. The molecule has 21 heavy (non-hydrogen) atoms. The minimum atomic E-state index is -3.51. The van der Waals surface area contributed by atoms with Crippen LogP contribution in [-0.4, -0.2) is 51.0 Å². The number of carbonyl (C=O) groups is 2. The monoisotopic (exact) mass is 330 g/mol. The quantitative estimate of drug-likeness (QED) is 0.865. The highest BCUT2D eigenvalue weighted by Gasteiger charge is 2.22. The Kier molecular flexibility index (Phi) is 4.53. The van der Waals surface area contributed by atoms with E-state index >= 15 is 0 Å². The Bertz CT molecular complexity index is 687. The summed E-state index contributed by atoms with van der Waals surface area (Å²) in [5, 5.41) is 2.76. The van der Waals surface area contributed by atoms with E-state index in [-0.39, 0.29) is 33.7 Å². The standard InChI is InChI=1S/C13H15ClN2O4S/c1-21(19,20)11-8-9(2-3-10(11)14)13(18)16-6-4-12(17)15-5-7-16/h2-3,8H,4-7H2,1H3,(H,15,17). The summed E-state index contributed by atoms with van der Waals surface area (Å²) in [7, 11) is -3.51. The van der Waals surface area contributed by atoms with Gasteiger partial charge in [-0.1, -0.05) is 11.6 Å². The molecule has 1 aromatic rings. The molecule has 2 amide bonds. The lowest BCUT2D eigenvalue weighted by molar-refractivity contribution is -0.120. The van der Waals surface area contributed by atoms with Crippen molar-refractivity contribution < 1.29 is 18.0 Å². The minimum Gasteiger partial charge on any atom is -0.354 e. The van der Waals surface area contributed by atoms with Crippen LogP contribution < -0.4 is 5.32 Å². The number of nitrogens with one attached hydrogen (secondary N) is 1. The van der Waals surface area contributed by atoms with Gasteiger partial charge in [0.15, 0.2) is 9.84 Å². The van der Waals surface area contributed by atoms with Crippen LogP contribution in [0.15, 0.2) is 23.1 Å². The number of benzene rings is 1. The normalized spacial score (nSPS) is 16.3. The largest absolute Gasteiger partial charge is 0.354 e. The molecule has 6 nitrogen and oxygen atoms in total. The molecule has 0 aromatic heterocycles. The van der Waals surface area contributed by atoms with Crippen LogP contribution in [0.25, 0.3) is 0 Å². The van der Waals surface area contributed by atoms with Crippen molar-refractivity contribution in [3.63, 3.8) is 0 Å². The molecule has 1 heterocycles. The van der Waals surface area contributed by atoms with Gasteiger partial charge in [-0.2, -0.15) is 0 Å². The van der Waals surface area contributed by atoms with Gasteiger partial charge in [-0.15, -0.1) is 0 Å². The zero-order valence-corrected chi connectivity index (χ0v) is 13.0. The first kappa shape index (κ1) is 15.8. The van der Waals surface area contributed by atoms with Gasteiger partial charge in [0, 0.05) is 37.9 Å². The van der Waals surface area contributed by atoms with E-state index in [0.717, 1.165) is 6.26 Å². The van der Waals surface area contributed by atoms with Crippen molar-refractivity contribution in [2.75, 3.05) is 25.9 Å². The van der Waals surface area contributed by atoms with Crippen LogP contribution in [0.2, 0.25) is 5.02 Å². The second kappa shape index (κ2) is 6.03. The van der Waals surface area contributed by atoms with Crippen molar-refractivity contribution >= 4 is 33.3 Å². The molecule has 0 unspecified atom stereocenters. The smallest absolute Gasteiger partial charge is 0.253 e. The third-order valence-corrected chi connectivity index (χ3v) is 4.76. The van der Waals surface area contributed by atoms with Crippen LogP contribution in [0.5, 0.6) is 0 Å². The molecule has 1 saturated heterocycles. The van der Waals surface area contributed by atoms with E-state index in [1.807, 2.05) is 0 Å². The highest BCUT2D eigenvalue weighted by molar-refractivity contribution is 7.90. The molecule has 114 valence electrons. The summed E-state index contributed by atoms with van der Waals surface area (Å²) in [6.45, 7) is 1.08. The molecule has 0 spiro atoms. The van der Waals surface area contributed by atoms with Gasteiger partial charge in [0.25, 0.3) is 5.91 Å². The lowest BCUT2D eigenvalue weighted by atomic mass is 10.2. The average molecular weight is 331 g/mol. The summed E-state index contributed by atoms with van der Waals surface area (Å²) in [5.41, 5.74) is 0.245. The Balaban J connectivity index is 2.29. The molecule has 1 aliphatic rings. The average Bonchev–Trinajstić information content (AvgIpc) is 2.62. The Labute approximate surface area is 128 Å². The second-order valence-electron chi connectivity index (χ2n) is 4.81. The first-order valence-electron chi connectivity index (χ1n) is 6.34. The fraction of sp³-hybridized carbons (Fsp3) is 0.385. The second-order valence-corrected chi connectivity index (χ2v) is 7.20. The van der Waals surface area contributed by atoms with Crippen molar-refractivity contribution in [1.82, 2.24) is 10.2 Å². The highest BCUT2D eigenvalue weighted by atomic mass is 35.5. The number of amides is 2. The number of carbonyl (C=O) groups excluding carboxylic acids is 2. The molecule has 0 bridgehead atoms. The summed E-state index contributed by atoms with van der Waals surface area (Å²) in [5.74, 6) is -0.411. The van der Waals surface area contributed by atoms with E-state index < -0.39 is 9.84 Å². The van der Waals surface area contributed by atoms with Crippen LogP contribution in [0, 0.1) is 0 Å². The maximum atomic E-state index is 12.4. The van der Waals surface area contributed by atoms with Crippen molar-refractivity contribution in [2.24, 2.45) is 0 Å². The summed E-state index contributed by atoms with van der Waals surface area (Å²) >= 11 is 5.86. The third kappa shape index (κ3) is 3.74. The lowest BCUT2D eigenvalue weighted by Crippen LogP contribution is -2.34. The van der Waals surface area contributed by atoms with Crippen LogP contribution in [0.1, 0.15) is 16.8 Å². The summed E-state index contributed by atoms with van der Waals surface area (Å²) < 4.78 is 23.3. The zero-order valence-electron chi connectivity index (χ0n) is 11.4. The van der Waals surface area contributed by atoms with E-state index in [9.17, 15) is 18.0 Å². The SMILES string of the molecule is CS(=O)(=O)c1cc(C(=O)N2CCNC(=O)CC2)ccc1Cl. The minimum absolute atomic E-state index is 0.0703. The van der Waals surface area contributed by atoms with Crippen molar-refractivity contribution in [1.29, 1.82) is 0 Å². The lowest BCUT2D eigenvalue weighted by Gasteiger charge is -2.20. The van der Waals surface area contributed by atoms with Gasteiger partial charge in [-0.3, -0.25) is 9.59 Å². The number of halogens is 1. The van der Waals surface area contributed by atoms with Crippen LogP contribution in [0.3, 0.4) is 0 Å². The number of hydrogen-bond donors (Lipinski definition) is 1. The van der Waals surface area contributed by atoms with Gasteiger partial charge in [-0.05, 0) is 18.2 Å². The number of hydrogen-bond acceptors (Lipinski definition) is 4. The Morgan fingerprint density at radius 3 is 2.71 bits per heavy atom. The van der Waals surface area contributed by atoms with E-state index in [2.05, 4.69) is 5.32 Å². The van der Waals surface area contributed by atoms with Crippen molar-refractivity contribution in [3.8, 4) is 0 Å². The van der Waals surface area contributed by atoms with Crippen LogP contribution in [-0.2, 0) is 14.6 Å². The van der Waals surface area contributed by atoms with Crippen LogP contribution in [0.4, 0.5) is 0 Å². The molecule has 0 radical (unpaired) electrons. The van der Waals surface area contributed by atoms with E-state index in [4.69, 9.17) is 11.6 Å². The molecule has 0 atom stereocenters. The van der Waals surface area contributed by atoms with Crippen molar-refractivity contribution in [3.05, 3.63) is 28.8 Å². The Morgan fingerprint density at radius 1 is 1.33 bits per heavy atom. The molecular weight excluding hydrogens is 316 g/mol. The molecule has 0 aliphatic carbocycles. The first-order chi connectivity index (χ1) is 9.79. The first-order valence-corrected chi connectivity index (χ1v) is 8.61. The van der Waals surface area contributed by atoms with Gasteiger partial charge < -0.3 is 10.2 Å². The van der Waals surface area contributed by atoms with E-state index in [1.165, 1.54) is 23.1 Å². The van der Waals surface area contributed by atoms with Gasteiger partial charge in [0.1, 0.15) is 0 Å². The van der Waals surface area contributed by atoms with Crippen molar-refractivity contribution in [2.45, 2.75) is 11.3 Å². The molecule has 2 rings (SSSR count). The van der Waals surface area contributed by atoms with Gasteiger partial charge in [0.2, 0.25) is 5.91 Å². The number of sulfone groups is 1. The number of rotatable bonds is 2. The molecule has 8 heteroatoms. The topological polar surface area (TPSA) is 83.6 Å². The summed E-state index contributed by atoms with van der Waals surface area (Å²) in [6, 6.07) is 4.16. The molecule has 1 aromatic carbocycles. The Hall–Kier alpha value is -1.60. The van der Waals surface area contributed by atoms with Gasteiger partial charge in [0.05, 0.1) is 9.92 Å². The zero-order chi connectivity index (χ0) is 15.6. The van der Waals surface area contributed by atoms with E-state index in [1.54, 1.807) is 0 Å². The third-order valence-electron chi connectivity index (χ3n) is 3.18. The molecule has 1 N–H and O–H groups in total. The van der Waals surface area contributed by atoms with Gasteiger partial charge >= 0.3 is 0 Å². The molecule has 1 aliphatic heterocycles. The summed E-state index contributed by atoms with van der Waals surface area (Å²) in [4.78, 5) is 25.1. The predicted molar refractivity (Wildman–Crippen MR) is 78.1 cm³/mol. The fourth-order valence-electron chi connectivity index (χ4n) is 2.07. The predicted octanol–water partition coefficient (Wildman–Crippen LogP) is 0.706. The fourth-order valence-corrected chi connectivity index (χ4v) is 3.37. The number of nitrogens with zero attached hydrogens (tertiary/aromatic N) is 1. The maximum absolute atomic E-state index is 12.4. The Morgan fingerprint density at radius 2 is 2.05 bits per heavy atom. The van der Waals surface area contributed by atoms with Gasteiger partial charge in [-0.25, -0.2) is 8.42 Å². The molecule has 0 saturated carbocycles.